The predicted molar refractivity (Wildman–Crippen MR) is 79.1 cm³/mol. The number of rotatable bonds is 7. The second kappa shape index (κ2) is 5.78. The number of aromatic nitrogens is 4. The molecular weight excluding hydrogens is 322 g/mol. The largest absolute Gasteiger partial charge is 0.477 e. The van der Waals surface area contributed by atoms with Crippen LogP contribution in [0, 0.1) is 5.92 Å². The van der Waals surface area contributed by atoms with Crippen LogP contribution in [0.15, 0.2) is 23.5 Å². The van der Waals surface area contributed by atoms with Gasteiger partial charge >= 0.3 is 5.97 Å². The lowest BCUT2D eigenvalue weighted by atomic mass is 10.4. The molecule has 0 amide bonds. The second-order valence-corrected chi connectivity index (χ2v) is 7.26. The van der Waals surface area contributed by atoms with Crippen molar-refractivity contribution in [2.45, 2.75) is 31.0 Å². The number of carboxylic acid groups (broad SMARTS) is 1. The van der Waals surface area contributed by atoms with Crippen molar-refractivity contribution in [2.24, 2.45) is 13.0 Å². The van der Waals surface area contributed by atoms with Crippen LogP contribution in [0.4, 0.5) is 0 Å². The molecule has 1 aliphatic rings. The number of nitrogens with zero attached hydrogens (tertiary/aromatic N) is 4. The van der Waals surface area contributed by atoms with Crippen LogP contribution in [0.1, 0.15) is 29.2 Å². The first kappa shape index (κ1) is 15.7. The van der Waals surface area contributed by atoms with Crippen molar-refractivity contribution in [3.8, 4) is 0 Å². The SMILES string of the molecule is Cn1c(C(=O)O)cnc1CNS(=O)(=O)c1ccnn1CC1CC1. The summed E-state index contributed by atoms with van der Waals surface area (Å²) in [5.41, 5.74) is -0.00188. The van der Waals surface area contributed by atoms with E-state index in [0.29, 0.717) is 18.3 Å². The number of hydrogen-bond acceptors (Lipinski definition) is 5. The van der Waals surface area contributed by atoms with Crippen molar-refractivity contribution in [2.75, 3.05) is 0 Å². The molecule has 0 aliphatic heterocycles. The molecule has 2 aromatic rings. The van der Waals surface area contributed by atoms with Gasteiger partial charge in [-0.05, 0) is 24.8 Å². The minimum Gasteiger partial charge on any atom is -0.477 e. The van der Waals surface area contributed by atoms with E-state index in [2.05, 4.69) is 14.8 Å². The van der Waals surface area contributed by atoms with Crippen molar-refractivity contribution in [1.29, 1.82) is 0 Å². The maximum atomic E-state index is 12.4. The highest BCUT2D eigenvalue weighted by Crippen LogP contribution is 2.31. The van der Waals surface area contributed by atoms with Gasteiger partial charge in [-0.25, -0.2) is 22.9 Å². The van der Waals surface area contributed by atoms with Crippen LogP contribution in [-0.2, 0) is 30.2 Å². The van der Waals surface area contributed by atoms with E-state index in [1.807, 2.05) is 0 Å². The zero-order chi connectivity index (χ0) is 16.6. The highest BCUT2D eigenvalue weighted by atomic mass is 32.2. The van der Waals surface area contributed by atoms with Gasteiger partial charge in [0, 0.05) is 13.6 Å². The third-order valence-electron chi connectivity index (χ3n) is 3.80. The monoisotopic (exact) mass is 339 g/mol. The fraction of sp³-hybridized carbons (Fsp3) is 0.462. The van der Waals surface area contributed by atoms with Crippen LogP contribution < -0.4 is 4.72 Å². The molecule has 0 bridgehead atoms. The molecule has 23 heavy (non-hydrogen) atoms. The van der Waals surface area contributed by atoms with Gasteiger partial charge in [0.1, 0.15) is 11.5 Å². The lowest BCUT2D eigenvalue weighted by Gasteiger charge is -2.09. The molecule has 0 radical (unpaired) electrons. The van der Waals surface area contributed by atoms with Gasteiger partial charge in [0.05, 0.1) is 18.9 Å². The molecular formula is C13H17N5O4S. The molecule has 0 saturated heterocycles. The van der Waals surface area contributed by atoms with Crippen molar-refractivity contribution in [3.63, 3.8) is 0 Å². The first-order valence-electron chi connectivity index (χ1n) is 7.14. The van der Waals surface area contributed by atoms with E-state index >= 15 is 0 Å². The third kappa shape index (κ3) is 3.27. The van der Waals surface area contributed by atoms with E-state index in [1.165, 1.54) is 34.8 Å². The van der Waals surface area contributed by atoms with E-state index in [1.54, 1.807) is 0 Å². The molecule has 2 aromatic heterocycles. The van der Waals surface area contributed by atoms with Gasteiger partial charge in [-0.15, -0.1) is 0 Å². The Labute approximate surface area is 133 Å². The van der Waals surface area contributed by atoms with Gasteiger partial charge in [-0.1, -0.05) is 0 Å². The Morgan fingerprint density at radius 1 is 1.48 bits per heavy atom. The van der Waals surface area contributed by atoms with Crippen molar-refractivity contribution in [1.82, 2.24) is 24.1 Å². The van der Waals surface area contributed by atoms with Crippen molar-refractivity contribution < 1.29 is 18.3 Å². The molecule has 124 valence electrons. The minimum atomic E-state index is -3.74. The fourth-order valence-corrected chi connectivity index (χ4v) is 3.38. The summed E-state index contributed by atoms with van der Waals surface area (Å²) < 4.78 is 30.1. The highest BCUT2D eigenvalue weighted by molar-refractivity contribution is 7.89. The smallest absolute Gasteiger partial charge is 0.354 e. The zero-order valence-corrected chi connectivity index (χ0v) is 13.3. The van der Waals surface area contributed by atoms with E-state index in [9.17, 15) is 13.2 Å². The van der Waals surface area contributed by atoms with Crippen molar-refractivity contribution >= 4 is 16.0 Å². The normalized spacial score (nSPS) is 15.0. The van der Waals surface area contributed by atoms with Crippen molar-refractivity contribution in [3.05, 3.63) is 30.0 Å². The standard InChI is InChI=1S/C13H17N5O4S/c1-17-10(13(19)20)6-14-11(17)7-16-23(21,22)12-4-5-15-18(12)8-9-2-3-9/h4-6,9,16H,2-3,7-8H2,1H3,(H,19,20). The summed E-state index contributed by atoms with van der Waals surface area (Å²) in [6.07, 6.45) is 4.85. The zero-order valence-electron chi connectivity index (χ0n) is 12.5. The Hall–Kier alpha value is -2.20. The van der Waals surface area contributed by atoms with Crippen LogP contribution in [0.25, 0.3) is 0 Å². The average Bonchev–Trinajstić information content (AvgIpc) is 3.02. The molecule has 2 N–H and O–H groups in total. The van der Waals surface area contributed by atoms with Gasteiger partial charge in [-0.2, -0.15) is 5.10 Å². The predicted octanol–water partition coefficient (Wildman–Crippen LogP) is 0.203. The van der Waals surface area contributed by atoms with Gasteiger partial charge in [-0.3, -0.25) is 4.68 Å². The fourth-order valence-electron chi connectivity index (χ4n) is 2.28. The molecule has 2 heterocycles. The Balaban J connectivity index is 1.74. The van der Waals surface area contributed by atoms with Gasteiger partial charge in [0.25, 0.3) is 10.0 Å². The summed E-state index contributed by atoms with van der Waals surface area (Å²) in [6.45, 7) is 0.496. The maximum absolute atomic E-state index is 12.4. The molecule has 3 rings (SSSR count). The molecule has 1 fully saturated rings. The van der Waals surface area contributed by atoms with Gasteiger partial charge < -0.3 is 9.67 Å². The Bertz CT molecular complexity index is 834. The molecule has 0 spiro atoms. The molecule has 10 heteroatoms. The highest BCUT2D eigenvalue weighted by Gasteiger charge is 2.26. The Kier molecular flexibility index (Phi) is 3.94. The third-order valence-corrected chi connectivity index (χ3v) is 5.23. The number of nitrogens with one attached hydrogen (secondary N) is 1. The van der Waals surface area contributed by atoms with E-state index in [0.717, 1.165) is 12.8 Å². The number of carboxylic acids is 1. The molecule has 0 atom stereocenters. The molecule has 0 unspecified atom stereocenters. The summed E-state index contributed by atoms with van der Waals surface area (Å²) in [5.74, 6) is -0.299. The van der Waals surface area contributed by atoms with Crippen LogP contribution in [0.3, 0.4) is 0 Å². The van der Waals surface area contributed by atoms with Crippen LogP contribution in [0.5, 0.6) is 0 Å². The second-order valence-electron chi connectivity index (χ2n) is 5.54. The number of sulfonamides is 1. The molecule has 1 aliphatic carbocycles. The summed E-state index contributed by atoms with van der Waals surface area (Å²) in [5, 5.41) is 13.1. The van der Waals surface area contributed by atoms with Gasteiger partial charge in [0.15, 0.2) is 5.03 Å². The Morgan fingerprint density at radius 2 is 2.22 bits per heavy atom. The summed E-state index contributed by atoms with van der Waals surface area (Å²) in [4.78, 5) is 14.9. The lowest BCUT2D eigenvalue weighted by Crippen LogP contribution is -2.27. The first-order valence-corrected chi connectivity index (χ1v) is 8.62. The van der Waals surface area contributed by atoms with E-state index in [4.69, 9.17) is 5.11 Å². The number of carbonyl (C=O) groups is 1. The Morgan fingerprint density at radius 3 is 2.83 bits per heavy atom. The lowest BCUT2D eigenvalue weighted by molar-refractivity contribution is 0.0686. The summed E-state index contributed by atoms with van der Waals surface area (Å²) in [6, 6.07) is 1.45. The summed E-state index contributed by atoms with van der Waals surface area (Å²) in [7, 11) is -2.22. The number of aromatic carboxylic acids is 1. The van der Waals surface area contributed by atoms with Gasteiger partial charge in [0.2, 0.25) is 0 Å². The topological polar surface area (TPSA) is 119 Å². The molecule has 1 saturated carbocycles. The number of imidazole rings is 1. The molecule has 0 aromatic carbocycles. The van der Waals surface area contributed by atoms with E-state index in [-0.39, 0.29) is 17.3 Å². The number of hydrogen-bond donors (Lipinski definition) is 2. The minimum absolute atomic E-state index is 0.00188. The van der Waals surface area contributed by atoms with E-state index < -0.39 is 16.0 Å². The average molecular weight is 339 g/mol. The summed E-state index contributed by atoms with van der Waals surface area (Å²) >= 11 is 0. The van der Waals surface area contributed by atoms with Crippen LogP contribution in [0.2, 0.25) is 0 Å². The quantitative estimate of drug-likeness (QED) is 0.744. The molecule has 9 nitrogen and oxygen atoms in total. The van der Waals surface area contributed by atoms with Crippen LogP contribution >= 0.6 is 0 Å². The first-order chi connectivity index (χ1) is 10.9. The maximum Gasteiger partial charge on any atom is 0.354 e. The van der Waals surface area contributed by atoms with Crippen LogP contribution in [-0.4, -0.2) is 38.8 Å².